The number of rotatable bonds is 8. The Morgan fingerprint density at radius 3 is 2.37 bits per heavy atom. The van der Waals surface area contributed by atoms with E-state index in [1.54, 1.807) is 18.2 Å². The number of hydrogen-bond acceptors (Lipinski definition) is 1. The van der Waals surface area contributed by atoms with E-state index in [4.69, 9.17) is 0 Å². The second-order valence-corrected chi connectivity index (χ2v) is 6.45. The molecule has 0 atom stereocenters. The van der Waals surface area contributed by atoms with Crippen LogP contribution in [0.5, 0.6) is 0 Å². The molecule has 0 aliphatic rings. The molecule has 2 nitrogen and oxygen atoms in total. The van der Waals surface area contributed by atoms with Crippen LogP contribution < -0.4 is 0 Å². The number of nitrogens with zero attached hydrogens (tertiary/aromatic N) is 2. The summed E-state index contributed by atoms with van der Waals surface area (Å²) in [5.74, 6) is -1.39. The summed E-state index contributed by atoms with van der Waals surface area (Å²) in [7, 11) is 0. The van der Waals surface area contributed by atoms with Gasteiger partial charge in [-0.1, -0.05) is 24.3 Å². The molecular weight excluding hydrogens is 349 g/mol. The predicted octanol–water partition coefficient (Wildman–Crippen LogP) is 5.14. The molecule has 0 spiro atoms. The van der Waals surface area contributed by atoms with Crippen LogP contribution in [0.15, 0.2) is 73.4 Å². The summed E-state index contributed by atoms with van der Waals surface area (Å²) in [6, 6.07) is 14.0. The van der Waals surface area contributed by atoms with Crippen LogP contribution in [0.2, 0.25) is 0 Å². The first-order chi connectivity index (χ1) is 13.0. The molecule has 0 radical (unpaired) electrons. The SMILES string of the molecule is C=CCN(Cc1ccc(F)cc1F)Cc1cccn1Cc1ccc(F)cc1. The van der Waals surface area contributed by atoms with Crippen molar-refractivity contribution in [2.75, 3.05) is 6.54 Å². The Morgan fingerprint density at radius 2 is 1.67 bits per heavy atom. The van der Waals surface area contributed by atoms with Crippen LogP contribution in [0.25, 0.3) is 0 Å². The average molecular weight is 370 g/mol. The van der Waals surface area contributed by atoms with Crippen LogP contribution in [0.4, 0.5) is 13.2 Å². The van der Waals surface area contributed by atoms with Gasteiger partial charge < -0.3 is 4.57 Å². The molecule has 0 aliphatic carbocycles. The second kappa shape index (κ2) is 8.73. The van der Waals surface area contributed by atoms with Crippen molar-refractivity contribution in [1.29, 1.82) is 0 Å². The molecule has 1 heterocycles. The molecule has 5 heteroatoms. The van der Waals surface area contributed by atoms with Crippen molar-refractivity contribution in [2.24, 2.45) is 0 Å². The third-order valence-electron chi connectivity index (χ3n) is 4.37. The molecule has 3 rings (SSSR count). The van der Waals surface area contributed by atoms with Crippen LogP contribution in [-0.4, -0.2) is 16.0 Å². The van der Waals surface area contributed by atoms with Crippen LogP contribution in [0.1, 0.15) is 16.8 Å². The largest absolute Gasteiger partial charge is 0.346 e. The first-order valence-electron chi connectivity index (χ1n) is 8.71. The highest BCUT2D eigenvalue weighted by molar-refractivity contribution is 5.20. The van der Waals surface area contributed by atoms with Crippen LogP contribution in [0, 0.1) is 17.5 Å². The molecule has 0 saturated carbocycles. The van der Waals surface area contributed by atoms with Gasteiger partial charge in [0, 0.05) is 49.7 Å². The Kier molecular flexibility index (Phi) is 6.14. The maximum atomic E-state index is 14.0. The number of aromatic nitrogens is 1. The molecule has 3 aromatic rings. The fourth-order valence-corrected chi connectivity index (χ4v) is 3.02. The van der Waals surface area contributed by atoms with Gasteiger partial charge in [0.15, 0.2) is 0 Å². The summed E-state index contributed by atoms with van der Waals surface area (Å²) in [4.78, 5) is 2.03. The molecule has 2 aromatic carbocycles. The molecule has 0 bridgehead atoms. The molecule has 140 valence electrons. The molecule has 27 heavy (non-hydrogen) atoms. The lowest BCUT2D eigenvalue weighted by atomic mass is 10.2. The lowest BCUT2D eigenvalue weighted by Crippen LogP contribution is -2.25. The average Bonchev–Trinajstić information content (AvgIpc) is 3.06. The van der Waals surface area contributed by atoms with E-state index < -0.39 is 11.6 Å². The first kappa shape index (κ1) is 19.0. The molecule has 1 aromatic heterocycles. The highest BCUT2D eigenvalue weighted by Gasteiger charge is 2.12. The summed E-state index contributed by atoms with van der Waals surface area (Å²) in [5, 5.41) is 0. The van der Waals surface area contributed by atoms with E-state index in [9.17, 15) is 13.2 Å². The van der Waals surface area contributed by atoms with Crippen molar-refractivity contribution >= 4 is 0 Å². The zero-order chi connectivity index (χ0) is 19.2. The topological polar surface area (TPSA) is 8.17 Å². The smallest absolute Gasteiger partial charge is 0.130 e. The monoisotopic (exact) mass is 370 g/mol. The normalized spacial score (nSPS) is 11.1. The van der Waals surface area contributed by atoms with Crippen LogP contribution in [0.3, 0.4) is 0 Å². The molecule has 0 aliphatic heterocycles. The number of halogens is 3. The third kappa shape index (κ3) is 5.11. The second-order valence-electron chi connectivity index (χ2n) is 6.45. The van der Waals surface area contributed by atoms with Gasteiger partial charge in [-0.25, -0.2) is 13.2 Å². The highest BCUT2D eigenvalue weighted by atomic mass is 19.1. The lowest BCUT2D eigenvalue weighted by Gasteiger charge is -2.22. The van der Waals surface area contributed by atoms with Crippen molar-refractivity contribution < 1.29 is 13.2 Å². The van der Waals surface area contributed by atoms with Crippen LogP contribution >= 0.6 is 0 Å². The van der Waals surface area contributed by atoms with Gasteiger partial charge in [-0.05, 0) is 35.9 Å². The summed E-state index contributed by atoms with van der Waals surface area (Å²) in [6.07, 6.45) is 3.72. The van der Waals surface area contributed by atoms with Crippen molar-refractivity contribution in [2.45, 2.75) is 19.6 Å². The van der Waals surface area contributed by atoms with Gasteiger partial charge in [0.25, 0.3) is 0 Å². The highest BCUT2D eigenvalue weighted by Crippen LogP contribution is 2.16. The Morgan fingerprint density at radius 1 is 0.926 bits per heavy atom. The van der Waals surface area contributed by atoms with Gasteiger partial charge in [0.1, 0.15) is 17.5 Å². The standard InChI is InChI=1S/C22H21F3N2/c1-2-11-26(15-18-7-10-20(24)13-22(18)25)16-21-4-3-12-27(21)14-17-5-8-19(23)9-6-17/h2-10,12-13H,1,11,14-16H2. The summed E-state index contributed by atoms with van der Waals surface area (Å²) in [5.41, 5.74) is 2.48. The number of benzene rings is 2. The van der Waals surface area contributed by atoms with E-state index in [0.717, 1.165) is 17.3 Å². The Bertz CT molecular complexity index is 900. The van der Waals surface area contributed by atoms with E-state index in [-0.39, 0.29) is 5.82 Å². The minimum absolute atomic E-state index is 0.259. The Labute approximate surface area is 157 Å². The molecule has 0 unspecified atom stereocenters. The van der Waals surface area contributed by atoms with Crippen LogP contribution in [-0.2, 0) is 19.6 Å². The zero-order valence-electron chi connectivity index (χ0n) is 14.9. The molecule has 0 N–H and O–H groups in total. The molecule has 0 fully saturated rings. The fourth-order valence-electron chi connectivity index (χ4n) is 3.02. The predicted molar refractivity (Wildman–Crippen MR) is 101 cm³/mol. The Balaban J connectivity index is 1.74. The maximum absolute atomic E-state index is 14.0. The molecular formula is C22H21F3N2. The molecule has 0 amide bonds. The summed E-state index contributed by atoms with van der Waals surface area (Å²) >= 11 is 0. The molecule has 0 saturated heterocycles. The maximum Gasteiger partial charge on any atom is 0.130 e. The van der Waals surface area contributed by atoms with E-state index in [1.807, 2.05) is 23.2 Å². The zero-order valence-corrected chi connectivity index (χ0v) is 14.9. The Hall–Kier alpha value is -2.79. The van der Waals surface area contributed by atoms with Gasteiger partial charge in [-0.3, -0.25) is 4.90 Å². The van der Waals surface area contributed by atoms with E-state index in [0.29, 0.717) is 31.7 Å². The quantitative estimate of drug-likeness (QED) is 0.498. The van der Waals surface area contributed by atoms with E-state index >= 15 is 0 Å². The van der Waals surface area contributed by atoms with Gasteiger partial charge >= 0.3 is 0 Å². The minimum Gasteiger partial charge on any atom is -0.346 e. The number of hydrogen-bond donors (Lipinski definition) is 0. The van der Waals surface area contributed by atoms with Gasteiger partial charge in [0.05, 0.1) is 0 Å². The first-order valence-corrected chi connectivity index (χ1v) is 8.71. The lowest BCUT2D eigenvalue weighted by molar-refractivity contribution is 0.274. The summed E-state index contributed by atoms with van der Waals surface area (Å²) < 4.78 is 42.3. The van der Waals surface area contributed by atoms with Crippen molar-refractivity contribution in [1.82, 2.24) is 9.47 Å². The van der Waals surface area contributed by atoms with Crippen molar-refractivity contribution in [3.8, 4) is 0 Å². The minimum atomic E-state index is -0.584. The van der Waals surface area contributed by atoms with Gasteiger partial charge in [-0.2, -0.15) is 0 Å². The van der Waals surface area contributed by atoms with Gasteiger partial charge in [0.2, 0.25) is 0 Å². The van der Waals surface area contributed by atoms with Gasteiger partial charge in [-0.15, -0.1) is 6.58 Å². The van der Waals surface area contributed by atoms with Crippen molar-refractivity contribution in [3.05, 3.63) is 108 Å². The van der Waals surface area contributed by atoms with Crippen molar-refractivity contribution in [3.63, 3.8) is 0 Å². The summed E-state index contributed by atoms with van der Waals surface area (Å²) in [6.45, 7) is 5.88. The van der Waals surface area contributed by atoms with E-state index in [2.05, 4.69) is 11.1 Å². The third-order valence-corrected chi connectivity index (χ3v) is 4.37. The van der Waals surface area contributed by atoms with E-state index in [1.165, 1.54) is 24.3 Å². The fraction of sp³-hybridized carbons (Fsp3) is 0.182.